The largest absolute Gasteiger partial charge is 0.456 e. The fraction of sp³-hybridized carbons (Fsp3) is 0. The second-order valence-corrected chi connectivity index (χ2v) is 14.7. The van der Waals surface area contributed by atoms with Crippen molar-refractivity contribution in [2.24, 2.45) is 0 Å². The van der Waals surface area contributed by atoms with E-state index >= 15 is 0 Å². The van der Waals surface area contributed by atoms with Gasteiger partial charge in [0, 0.05) is 37.3 Å². The van der Waals surface area contributed by atoms with Crippen molar-refractivity contribution in [2.75, 3.05) is 4.90 Å². The quantitative estimate of drug-likeness (QED) is 0.167. The van der Waals surface area contributed by atoms with Crippen molar-refractivity contribution >= 4 is 92.1 Å². The molecule has 0 radical (unpaired) electrons. The van der Waals surface area contributed by atoms with Gasteiger partial charge in [-0.05, 0) is 86.9 Å². The molecule has 0 N–H and O–H groups in total. The SMILES string of the molecule is c1ccc(-c2ccc(N(c3ccc(-c4ccc5c(c4)oc4ccccc45)cc3)c3cc4ccccc4c4ccccc34)c3sc4ccccc4c23)cc1. The molecule has 2 heterocycles. The van der Waals surface area contributed by atoms with Crippen LogP contribution in [0.25, 0.3) is 85.9 Å². The van der Waals surface area contributed by atoms with E-state index in [-0.39, 0.29) is 0 Å². The lowest BCUT2D eigenvalue weighted by Crippen LogP contribution is -2.11. The number of rotatable bonds is 5. The van der Waals surface area contributed by atoms with Crippen molar-refractivity contribution in [3.8, 4) is 22.3 Å². The molecule has 0 amide bonds. The Morgan fingerprint density at radius 2 is 1.06 bits per heavy atom. The van der Waals surface area contributed by atoms with Crippen LogP contribution in [-0.4, -0.2) is 0 Å². The number of para-hydroxylation sites is 1. The summed E-state index contributed by atoms with van der Waals surface area (Å²) < 4.78 is 8.82. The Morgan fingerprint density at radius 1 is 0.396 bits per heavy atom. The summed E-state index contributed by atoms with van der Waals surface area (Å²) in [4.78, 5) is 2.48. The minimum Gasteiger partial charge on any atom is -0.456 e. The lowest BCUT2D eigenvalue weighted by atomic mass is 9.96. The fourth-order valence-electron chi connectivity index (χ4n) is 8.18. The van der Waals surface area contributed by atoms with Crippen molar-refractivity contribution < 1.29 is 4.42 Å². The standard InChI is InChI=1S/C50H31NOS/c1-2-12-33(13-3-1)38-28-29-44(50-49(38)43-19-9-11-21-48(43)53-50)51(45-30-35-14-4-5-15-37(35)39-16-6-7-17-40(39)45)36-25-22-32(23-26-36)34-24-27-42-41-18-8-10-20-46(41)52-47(42)31-34/h1-31H. The average Bonchev–Trinajstić information content (AvgIpc) is 3.80. The van der Waals surface area contributed by atoms with Gasteiger partial charge in [0.05, 0.1) is 16.1 Å². The molecule has 248 valence electrons. The van der Waals surface area contributed by atoms with Crippen LogP contribution in [0, 0.1) is 0 Å². The zero-order chi connectivity index (χ0) is 34.9. The van der Waals surface area contributed by atoms with E-state index in [9.17, 15) is 0 Å². The van der Waals surface area contributed by atoms with Crippen molar-refractivity contribution in [1.82, 2.24) is 0 Å². The Balaban J connectivity index is 1.15. The molecule has 9 aromatic carbocycles. The zero-order valence-corrected chi connectivity index (χ0v) is 29.5. The highest BCUT2D eigenvalue weighted by Gasteiger charge is 2.23. The van der Waals surface area contributed by atoms with Gasteiger partial charge in [0.15, 0.2) is 0 Å². The number of thiophene rings is 1. The van der Waals surface area contributed by atoms with Crippen LogP contribution < -0.4 is 4.90 Å². The minimum absolute atomic E-state index is 0.905. The summed E-state index contributed by atoms with van der Waals surface area (Å²) in [6, 6.07) is 68.0. The molecule has 0 fully saturated rings. The Kier molecular flexibility index (Phi) is 6.76. The van der Waals surface area contributed by atoms with E-state index in [4.69, 9.17) is 4.42 Å². The predicted octanol–water partition coefficient (Wildman–Crippen LogP) is 15.1. The van der Waals surface area contributed by atoms with Gasteiger partial charge in [0.25, 0.3) is 0 Å². The van der Waals surface area contributed by atoms with Crippen molar-refractivity contribution in [3.63, 3.8) is 0 Å². The van der Waals surface area contributed by atoms with Crippen LogP contribution in [0.2, 0.25) is 0 Å². The molecule has 0 saturated carbocycles. The van der Waals surface area contributed by atoms with Crippen molar-refractivity contribution in [1.29, 1.82) is 0 Å². The van der Waals surface area contributed by atoms with Crippen LogP contribution in [0.4, 0.5) is 17.1 Å². The highest BCUT2D eigenvalue weighted by molar-refractivity contribution is 7.26. The summed E-state index contributed by atoms with van der Waals surface area (Å²) in [7, 11) is 0. The van der Waals surface area contributed by atoms with E-state index in [1.807, 2.05) is 23.5 Å². The van der Waals surface area contributed by atoms with E-state index in [2.05, 4.69) is 181 Å². The van der Waals surface area contributed by atoms with Crippen LogP contribution in [0.15, 0.2) is 192 Å². The van der Waals surface area contributed by atoms with E-state index < -0.39 is 0 Å². The first-order chi connectivity index (χ1) is 26.3. The molecular weight excluding hydrogens is 663 g/mol. The molecule has 0 spiro atoms. The topological polar surface area (TPSA) is 16.4 Å². The van der Waals surface area contributed by atoms with Gasteiger partial charge in [0.2, 0.25) is 0 Å². The molecule has 0 atom stereocenters. The number of hydrogen-bond donors (Lipinski definition) is 0. The number of furan rings is 1. The third kappa shape index (κ3) is 4.78. The normalized spacial score (nSPS) is 11.8. The van der Waals surface area contributed by atoms with Crippen LogP contribution in [0.1, 0.15) is 0 Å². The second-order valence-electron chi connectivity index (χ2n) is 13.7. The van der Waals surface area contributed by atoms with Crippen molar-refractivity contribution in [2.45, 2.75) is 0 Å². The maximum Gasteiger partial charge on any atom is 0.136 e. The first-order valence-electron chi connectivity index (χ1n) is 18.0. The summed E-state index contributed by atoms with van der Waals surface area (Å²) in [5.41, 5.74) is 9.99. The molecule has 53 heavy (non-hydrogen) atoms. The Morgan fingerprint density at radius 3 is 1.91 bits per heavy atom. The number of hydrogen-bond acceptors (Lipinski definition) is 3. The smallest absolute Gasteiger partial charge is 0.136 e. The number of anilines is 3. The maximum atomic E-state index is 6.27. The van der Waals surface area contributed by atoms with Crippen LogP contribution >= 0.6 is 11.3 Å². The molecule has 2 aromatic heterocycles. The lowest BCUT2D eigenvalue weighted by Gasteiger charge is -2.28. The summed E-state index contributed by atoms with van der Waals surface area (Å²) >= 11 is 1.87. The van der Waals surface area contributed by atoms with E-state index in [0.717, 1.165) is 50.1 Å². The Bertz CT molecular complexity index is 3170. The van der Waals surface area contributed by atoms with Gasteiger partial charge < -0.3 is 9.32 Å². The van der Waals surface area contributed by atoms with Crippen LogP contribution in [-0.2, 0) is 0 Å². The van der Waals surface area contributed by atoms with E-state index in [1.165, 1.54) is 52.8 Å². The van der Waals surface area contributed by atoms with E-state index in [0.29, 0.717) is 0 Å². The predicted molar refractivity (Wildman–Crippen MR) is 227 cm³/mol. The maximum absolute atomic E-state index is 6.27. The summed E-state index contributed by atoms with van der Waals surface area (Å²) in [5, 5.41) is 9.80. The summed E-state index contributed by atoms with van der Waals surface area (Å²) in [5.74, 6) is 0. The molecule has 0 aliphatic carbocycles. The van der Waals surface area contributed by atoms with Gasteiger partial charge in [-0.3, -0.25) is 0 Å². The molecule has 0 saturated heterocycles. The summed E-state index contributed by atoms with van der Waals surface area (Å²) in [6.45, 7) is 0. The minimum atomic E-state index is 0.905. The number of nitrogens with zero attached hydrogens (tertiary/aromatic N) is 1. The van der Waals surface area contributed by atoms with Crippen LogP contribution in [0.5, 0.6) is 0 Å². The number of fused-ring (bicyclic) bond motifs is 9. The number of benzene rings is 9. The molecule has 0 aliphatic rings. The monoisotopic (exact) mass is 693 g/mol. The molecule has 11 aromatic rings. The van der Waals surface area contributed by atoms with Gasteiger partial charge in [-0.15, -0.1) is 11.3 Å². The molecule has 2 nitrogen and oxygen atoms in total. The van der Waals surface area contributed by atoms with E-state index in [1.54, 1.807) is 0 Å². The third-order valence-electron chi connectivity index (χ3n) is 10.7. The molecule has 3 heteroatoms. The highest BCUT2D eigenvalue weighted by Crippen LogP contribution is 2.50. The van der Waals surface area contributed by atoms with Gasteiger partial charge >= 0.3 is 0 Å². The second kappa shape index (κ2) is 11.9. The average molecular weight is 694 g/mol. The van der Waals surface area contributed by atoms with Gasteiger partial charge in [-0.25, -0.2) is 0 Å². The Hall–Kier alpha value is -6.68. The van der Waals surface area contributed by atoms with Gasteiger partial charge in [-0.1, -0.05) is 140 Å². The van der Waals surface area contributed by atoms with Crippen molar-refractivity contribution in [3.05, 3.63) is 188 Å². The third-order valence-corrected chi connectivity index (χ3v) is 11.8. The van der Waals surface area contributed by atoms with Gasteiger partial charge in [-0.2, -0.15) is 0 Å². The fourth-order valence-corrected chi connectivity index (χ4v) is 9.42. The molecular formula is C50H31NOS. The molecule has 0 aliphatic heterocycles. The molecule has 11 rings (SSSR count). The molecule has 0 bridgehead atoms. The zero-order valence-electron chi connectivity index (χ0n) is 28.7. The molecule has 0 unspecified atom stereocenters. The Labute approximate surface area is 310 Å². The summed E-state index contributed by atoms with van der Waals surface area (Å²) in [6.07, 6.45) is 0. The van der Waals surface area contributed by atoms with Gasteiger partial charge in [0.1, 0.15) is 11.2 Å². The van der Waals surface area contributed by atoms with Crippen LogP contribution in [0.3, 0.4) is 0 Å². The highest BCUT2D eigenvalue weighted by atomic mass is 32.1. The first kappa shape index (κ1) is 30.0. The first-order valence-corrected chi connectivity index (χ1v) is 18.8. The lowest BCUT2D eigenvalue weighted by molar-refractivity contribution is 0.669.